The molecule has 1 fully saturated rings. The summed E-state index contributed by atoms with van der Waals surface area (Å²) in [7, 11) is 2.11. The maximum atomic E-state index is 6.05. The fourth-order valence-corrected chi connectivity index (χ4v) is 3.84. The molecular formula is C12H19Cl2N3S. The molecule has 0 spiro atoms. The number of anilines is 1. The van der Waals surface area contributed by atoms with Crippen LogP contribution in [0.1, 0.15) is 24.6 Å². The molecule has 0 bridgehead atoms. The Hall–Kier alpha value is -0.0300. The minimum absolute atomic E-state index is 0.443. The van der Waals surface area contributed by atoms with Gasteiger partial charge in [-0.1, -0.05) is 29.9 Å². The zero-order valence-corrected chi connectivity index (χ0v) is 13.2. The van der Waals surface area contributed by atoms with Gasteiger partial charge >= 0.3 is 0 Å². The number of hydrogen-bond acceptors (Lipinski definition) is 4. The third kappa shape index (κ3) is 3.10. The Morgan fingerprint density at radius 1 is 1.44 bits per heavy atom. The zero-order valence-electron chi connectivity index (χ0n) is 10.8. The highest BCUT2D eigenvalue weighted by atomic mass is 35.5. The molecule has 0 radical (unpaired) electrons. The zero-order chi connectivity index (χ0) is 13.1. The molecule has 0 atom stereocenters. The SMILES string of the molecule is CCN1CCC(N(C)c2nc(Cl)c(CCl)s2)CC1. The first-order valence-corrected chi connectivity index (χ1v) is 8.05. The number of alkyl halides is 1. The van der Waals surface area contributed by atoms with Crippen LogP contribution in [0, 0.1) is 0 Å². The molecule has 0 aromatic carbocycles. The minimum atomic E-state index is 0.443. The van der Waals surface area contributed by atoms with Gasteiger partial charge in [0.25, 0.3) is 0 Å². The van der Waals surface area contributed by atoms with Crippen molar-refractivity contribution in [2.24, 2.45) is 0 Å². The largest absolute Gasteiger partial charge is 0.348 e. The number of thiazole rings is 1. The van der Waals surface area contributed by atoms with Crippen molar-refractivity contribution >= 4 is 39.7 Å². The van der Waals surface area contributed by atoms with Gasteiger partial charge < -0.3 is 9.80 Å². The molecule has 2 heterocycles. The fraction of sp³-hybridized carbons (Fsp3) is 0.750. The lowest BCUT2D eigenvalue weighted by atomic mass is 10.0. The van der Waals surface area contributed by atoms with Gasteiger partial charge in [0.1, 0.15) is 5.15 Å². The maximum absolute atomic E-state index is 6.05. The van der Waals surface area contributed by atoms with E-state index in [0.717, 1.165) is 16.6 Å². The van der Waals surface area contributed by atoms with Crippen molar-refractivity contribution in [3.8, 4) is 0 Å². The highest BCUT2D eigenvalue weighted by Crippen LogP contribution is 2.32. The molecule has 18 heavy (non-hydrogen) atoms. The summed E-state index contributed by atoms with van der Waals surface area (Å²) in [4.78, 5) is 10.1. The minimum Gasteiger partial charge on any atom is -0.348 e. The van der Waals surface area contributed by atoms with Gasteiger partial charge in [0.05, 0.1) is 10.8 Å². The van der Waals surface area contributed by atoms with E-state index in [4.69, 9.17) is 23.2 Å². The Kier molecular flexibility index (Phi) is 5.13. The molecular weight excluding hydrogens is 289 g/mol. The van der Waals surface area contributed by atoms with Gasteiger partial charge in [-0.2, -0.15) is 0 Å². The van der Waals surface area contributed by atoms with Crippen molar-refractivity contribution in [3.63, 3.8) is 0 Å². The van der Waals surface area contributed by atoms with Gasteiger partial charge in [-0.3, -0.25) is 0 Å². The van der Waals surface area contributed by atoms with Crippen LogP contribution in [0.25, 0.3) is 0 Å². The predicted molar refractivity (Wildman–Crippen MR) is 80.2 cm³/mol. The van der Waals surface area contributed by atoms with Crippen molar-refractivity contribution in [1.82, 2.24) is 9.88 Å². The van der Waals surface area contributed by atoms with Crippen LogP contribution in [0.4, 0.5) is 5.13 Å². The summed E-state index contributed by atoms with van der Waals surface area (Å²) < 4.78 is 0. The van der Waals surface area contributed by atoms with E-state index < -0.39 is 0 Å². The second-order valence-electron chi connectivity index (χ2n) is 4.62. The van der Waals surface area contributed by atoms with Gasteiger partial charge in [0.2, 0.25) is 0 Å². The smallest absolute Gasteiger partial charge is 0.187 e. The third-order valence-corrected chi connectivity index (χ3v) is 5.61. The lowest BCUT2D eigenvalue weighted by molar-refractivity contribution is 0.221. The van der Waals surface area contributed by atoms with Crippen LogP contribution in [-0.2, 0) is 5.88 Å². The van der Waals surface area contributed by atoms with Gasteiger partial charge in [-0.05, 0) is 19.4 Å². The normalized spacial score (nSPS) is 18.2. The first kappa shape index (κ1) is 14.4. The van der Waals surface area contributed by atoms with Gasteiger partial charge in [-0.15, -0.1) is 11.6 Å². The van der Waals surface area contributed by atoms with E-state index >= 15 is 0 Å². The second kappa shape index (κ2) is 6.42. The van der Waals surface area contributed by atoms with E-state index in [1.165, 1.54) is 25.9 Å². The summed E-state index contributed by atoms with van der Waals surface area (Å²) in [6.45, 7) is 5.72. The summed E-state index contributed by atoms with van der Waals surface area (Å²) in [6, 6.07) is 0.568. The average Bonchev–Trinajstić information content (AvgIpc) is 2.79. The van der Waals surface area contributed by atoms with E-state index in [9.17, 15) is 0 Å². The van der Waals surface area contributed by atoms with Crippen molar-refractivity contribution in [1.29, 1.82) is 0 Å². The fourth-order valence-electron chi connectivity index (χ4n) is 2.33. The second-order valence-corrected chi connectivity index (χ2v) is 6.31. The molecule has 1 aromatic rings. The van der Waals surface area contributed by atoms with Crippen LogP contribution in [0.15, 0.2) is 0 Å². The highest BCUT2D eigenvalue weighted by Gasteiger charge is 2.24. The molecule has 0 aliphatic carbocycles. The first-order valence-electron chi connectivity index (χ1n) is 6.32. The molecule has 102 valence electrons. The Morgan fingerprint density at radius 2 is 2.11 bits per heavy atom. The third-order valence-electron chi connectivity index (χ3n) is 3.61. The molecule has 0 saturated carbocycles. The number of rotatable bonds is 4. The highest BCUT2D eigenvalue weighted by molar-refractivity contribution is 7.16. The van der Waals surface area contributed by atoms with Gasteiger partial charge in [0, 0.05) is 26.2 Å². The average molecular weight is 308 g/mol. The Labute approximate surface area is 123 Å². The van der Waals surface area contributed by atoms with Crippen LogP contribution in [0.2, 0.25) is 5.15 Å². The summed E-state index contributed by atoms with van der Waals surface area (Å²) in [5, 5.41) is 1.55. The number of halogens is 2. The molecule has 6 heteroatoms. The molecule has 1 aliphatic heterocycles. The Balaban J connectivity index is 2.00. The number of likely N-dealkylation sites (tertiary alicyclic amines) is 1. The van der Waals surface area contributed by atoms with Crippen molar-refractivity contribution < 1.29 is 0 Å². The molecule has 0 unspecified atom stereocenters. The van der Waals surface area contributed by atoms with Gasteiger partial charge in [-0.25, -0.2) is 4.98 Å². The Bertz CT molecular complexity index is 389. The lowest BCUT2D eigenvalue weighted by Crippen LogP contribution is -2.43. The van der Waals surface area contributed by atoms with Crippen LogP contribution in [0.5, 0.6) is 0 Å². The van der Waals surface area contributed by atoms with E-state index in [-0.39, 0.29) is 0 Å². The van der Waals surface area contributed by atoms with Crippen molar-refractivity contribution in [3.05, 3.63) is 10.0 Å². The summed E-state index contributed by atoms with van der Waals surface area (Å²) in [6.07, 6.45) is 2.38. The van der Waals surface area contributed by atoms with Crippen LogP contribution in [0.3, 0.4) is 0 Å². The molecule has 0 N–H and O–H groups in total. The van der Waals surface area contributed by atoms with Crippen LogP contribution < -0.4 is 4.90 Å². The van der Waals surface area contributed by atoms with E-state index in [1.807, 2.05) is 0 Å². The van der Waals surface area contributed by atoms with Crippen LogP contribution >= 0.6 is 34.5 Å². The molecule has 1 aliphatic rings. The summed E-state index contributed by atoms with van der Waals surface area (Å²) in [5.74, 6) is 0.443. The Morgan fingerprint density at radius 3 is 2.61 bits per heavy atom. The molecule has 1 saturated heterocycles. The topological polar surface area (TPSA) is 19.4 Å². The quantitative estimate of drug-likeness (QED) is 0.794. The number of hydrogen-bond donors (Lipinski definition) is 0. The lowest BCUT2D eigenvalue weighted by Gasteiger charge is -2.36. The summed E-state index contributed by atoms with van der Waals surface area (Å²) >= 11 is 13.5. The molecule has 2 rings (SSSR count). The van der Waals surface area contributed by atoms with E-state index in [2.05, 4.69) is 28.8 Å². The number of nitrogens with zero attached hydrogens (tertiary/aromatic N) is 3. The standard InChI is InChI=1S/C12H19Cl2N3S/c1-3-17-6-4-9(5-7-17)16(2)12-15-11(14)10(8-13)18-12/h9H,3-8H2,1-2H3. The van der Waals surface area contributed by atoms with Crippen molar-refractivity contribution in [2.75, 3.05) is 31.6 Å². The molecule has 3 nitrogen and oxygen atoms in total. The van der Waals surface area contributed by atoms with Crippen molar-refractivity contribution in [2.45, 2.75) is 31.7 Å². The summed E-state index contributed by atoms with van der Waals surface area (Å²) in [5.41, 5.74) is 0. The van der Waals surface area contributed by atoms with E-state index in [1.54, 1.807) is 11.3 Å². The maximum Gasteiger partial charge on any atom is 0.187 e. The predicted octanol–water partition coefficient (Wildman–Crippen LogP) is 3.46. The number of piperidine rings is 1. The van der Waals surface area contributed by atoms with E-state index in [0.29, 0.717) is 17.1 Å². The molecule has 1 aromatic heterocycles. The molecule has 0 amide bonds. The number of aromatic nitrogens is 1. The monoisotopic (exact) mass is 307 g/mol. The van der Waals surface area contributed by atoms with Gasteiger partial charge in [0.15, 0.2) is 5.13 Å². The van der Waals surface area contributed by atoms with Crippen LogP contribution in [-0.4, -0.2) is 42.6 Å². The first-order chi connectivity index (χ1) is 8.65.